The van der Waals surface area contributed by atoms with E-state index in [0.29, 0.717) is 5.56 Å². The lowest BCUT2D eigenvalue weighted by Crippen LogP contribution is -2.43. The molecule has 0 radical (unpaired) electrons. The van der Waals surface area contributed by atoms with Crippen molar-refractivity contribution in [3.8, 4) is 0 Å². The minimum absolute atomic E-state index is 0.240. The van der Waals surface area contributed by atoms with Gasteiger partial charge in [0.1, 0.15) is 0 Å². The van der Waals surface area contributed by atoms with Gasteiger partial charge < -0.3 is 4.74 Å². The molecule has 1 fully saturated rings. The van der Waals surface area contributed by atoms with Crippen LogP contribution in [0, 0.1) is 0 Å². The molecule has 1 atom stereocenters. The Hall–Kier alpha value is -1.43. The largest absolute Gasteiger partial charge is 0.375 e. The van der Waals surface area contributed by atoms with Gasteiger partial charge in [-0.2, -0.15) is 0 Å². The lowest BCUT2D eigenvalue weighted by atomic mass is 10.0. The van der Waals surface area contributed by atoms with Crippen molar-refractivity contribution in [1.82, 2.24) is 10.3 Å². The summed E-state index contributed by atoms with van der Waals surface area (Å²) in [4.78, 5) is 13.8. The quantitative estimate of drug-likeness (QED) is 0.477. The van der Waals surface area contributed by atoms with E-state index in [1.807, 2.05) is 12.1 Å². The second-order valence-corrected chi connectivity index (χ2v) is 5.17. The maximum Gasteiger partial charge on any atom is 0.265 e. The van der Waals surface area contributed by atoms with Crippen LogP contribution in [0.15, 0.2) is 24.3 Å². The van der Waals surface area contributed by atoms with Crippen molar-refractivity contribution >= 4 is 5.91 Å². The molecule has 5 heteroatoms. The maximum atomic E-state index is 11.4. The van der Waals surface area contributed by atoms with Gasteiger partial charge in [0.05, 0.1) is 12.7 Å². The molecule has 2 rings (SSSR count). The fourth-order valence-electron chi connectivity index (χ4n) is 2.56. The summed E-state index contributed by atoms with van der Waals surface area (Å²) in [6, 6.07) is 7.52. The number of hydrogen-bond donors (Lipinski definition) is 2. The number of ether oxygens (including phenoxy) is 1. The molecular formula is C15H23N3O2. The van der Waals surface area contributed by atoms with Crippen molar-refractivity contribution in [3.05, 3.63) is 35.4 Å². The van der Waals surface area contributed by atoms with E-state index in [2.05, 4.69) is 17.2 Å². The number of carbonyl (C=O) groups excluding carboxylic acids is 1. The number of morpholine rings is 1. The van der Waals surface area contributed by atoms with E-state index in [4.69, 9.17) is 10.6 Å². The molecule has 5 nitrogen and oxygen atoms in total. The minimum Gasteiger partial charge on any atom is -0.375 e. The lowest BCUT2D eigenvalue weighted by molar-refractivity contribution is -0.0274. The molecule has 0 saturated carbocycles. The molecule has 0 spiro atoms. The summed E-state index contributed by atoms with van der Waals surface area (Å²) >= 11 is 0. The van der Waals surface area contributed by atoms with Crippen molar-refractivity contribution in [1.29, 1.82) is 0 Å². The zero-order valence-electron chi connectivity index (χ0n) is 12.0. The Morgan fingerprint density at radius 2 is 2.20 bits per heavy atom. The van der Waals surface area contributed by atoms with Crippen LogP contribution in [0.3, 0.4) is 0 Å². The monoisotopic (exact) mass is 277 g/mol. The van der Waals surface area contributed by atoms with E-state index in [1.54, 1.807) is 12.1 Å². The summed E-state index contributed by atoms with van der Waals surface area (Å²) in [5, 5.41) is 0. The summed E-state index contributed by atoms with van der Waals surface area (Å²) < 4.78 is 5.82. The SMILES string of the molecule is CCCN1CCOC(Cc2ccc(C(=O)NN)cc2)C1. The summed E-state index contributed by atoms with van der Waals surface area (Å²) in [5.41, 5.74) is 3.89. The highest BCUT2D eigenvalue weighted by Crippen LogP contribution is 2.13. The van der Waals surface area contributed by atoms with Crippen LogP contribution >= 0.6 is 0 Å². The van der Waals surface area contributed by atoms with Crippen LogP contribution in [0.25, 0.3) is 0 Å². The third kappa shape index (κ3) is 4.03. The molecular weight excluding hydrogens is 254 g/mol. The van der Waals surface area contributed by atoms with E-state index in [0.717, 1.165) is 32.7 Å². The smallest absolute Gasteiger partial charge is 0.265 e. The first kappa shape index (κ1) is 15.0. The average molecular weight is 277 g/mol. The van der Waals surface area contributed by atoms with Crippen LogP contribution in [-0.2, 0) is 11.2 Å². The molecule has 1 amide bonds. The van der Waals surface area contributed by atoms with Crippen molar-refractivity contribution in [2.75, 3.05) is 26.2 Å². The highest BCUT2D eigenvalue weighted by atomic mass is 16.5. The summed E-state index contributed by atoms with van der Waals surface area (Å²) in [7, 11) is 0. The Balaban J connectivity index is 1.91. The number of carbonyl (C=O) groups is 1. The number of rotatable bonds is 5. The highest BCUT2D eigenvalue weighted by Gasteiger charge is 2.20. The van der Waals surface area contributed by atoms with Gasteiger partial charge in [-0.1, -0.05) is 19.1 Å². The molecule has 3 N–H and O–H groups in total. The third-order valence-electron chi connectivity index (χ3n) is 3.57. The summed E-state index contributed by atoms with van der Waals surface area (Å²) in [6.07, 6.45) is 2.30. The van der Waals surface area contributed by atoms with Gasteiger partial charge in [-0.3, -0.25) is 15.1 Å². The number of hydrogen-bond acceptors (Lipinski definition) is 4. The molecule has 1 aliphatic heterocycles. The van der Waals surface area contributed by atoms with Gasteiger partial charge >= 0.3 is 0 Å². The van der Waals surface area contributed by atoms with Crippen molar-refractivity contribution in [2.24, 2.45) is 5.84 Å². The van der Waals surface area contributed by atoms with Crippen molar-refractivity contribution in [3.63, 3.8) is 0 Å². The molecule has 0 aliphatic carbocycles. The van der Waals surface area contributed by atoms with Gasteiger partial charge in [-0.15, -0.1) is 0 Å². The zero-order chi connectivity index (χ0) is 14.4. The van der Waals surface area contributed by atoms with Crippen molar-refractivity contribution in [2.45, 2.75) is 25.9 Å². The average Bonchev–Trinajstić information content (AvgIpc) is 2.48. The Morgan fingerprint density at radius 1 is 1.45 bits per heavy atom. The van der Waals surface area contributed by atoms with Gasteiger partial charge in [-0.25, -0.2) is 5.84 Å². The molecule has 1 heterocycles. The topological polar surface area (TPSA) is 67.6 Å². The zero-order valence-corrected chi connectivity index (χ0v) is 12.0. The molecule has 1 aliphatic rings. The molecule has 1 aromatic carbocycles. The standard InChI is InChI=1S/C15H23N3O2/c1-2-7-18-8-9-20-14(11-18)10-12-3-5-13(6-4-12)15(19)17-16/h3-6,14H,2,7-11,16H2,1H3,(H,17,19). The molecule has 1 saturated heterocycles. The van der Waals surface area contributed by atoms with Gasteiger partial charge in [0.25, 0.3) is 5.91 Å². The molecule has 0 aromatic heterocycles. The van der Waals surface area contributed by atoms with Crippen molar-refractivity contribution < 1.29 is 9.53 Å². The van der Waals surface area contributed by atoms with Gasteiger partial charge in [0.2, 0.25) is 0 Å². The first-order chi connectivity index (χ1) is 9.72. The van der Waals surface area contributed by atoms with Crippen LogP contribution in [0.1, 0.15) is 29.3 Å². The van der Waals surface area contributed by atoms with Gasteiger partial charge in [0, 0.05) is 18.7 Å². The minimum atomic E-state index is -0.264. The highest BCUT2D eigenvalue weighted by molar-refractivity contribution is 5.93. The lowest BCUT2D eigenvalue weighted by Gasteiger charge is -2.32. The maximum absolute atomic E-state index is 11.4. The van der Waals surface area contributed by atoms with Crippen LogP contribution in [-0.4, -0.2) is 43.2 Å². The predicted molar refractivity (Wildman–Crippen MR) is 78.3 cm³/mol. The van der Waals surface area contributed by atoms with E-state index in [1.165, 1.54) is 12.0 Å². The second-order valence-electron chi connectivity index (χ2n) is 5.17. The van der Waals surface area contributed by atoms with Crippen LogP contribution in [0.4, 0.5) is 0 Å². The van der Waals surface area contributed by atoms with Crippen LogP contribution in [0.2, 0.25) is 0 Å². The number of amides is 1. The Morgan fingerprint density at radius 3 is 2.85 bits per heavy atom. The fourth-order valence-corrected chi connectivity index (χ4v) is 2.56. The molecule has 0 bridgehead atoms. The first-order valence-corrected chi connectivity index (χ1v) is 7.16. The number of benzene rings is 1. The van der Waals surface area contributed by atoms with Gasteiger partial charge in [0.15, 0.2) is 0 Å². The summed E-state index contributed by atoms with van der Waals surface area (Å²) in [6.45, 7) is 6.15. The number of nitrogens with one attached hydrogen (secondary N) is 1. The van der Waals surface area contributed by atoms with Crippen LogP contribution < -0.4 is 11.3 Å². The van der Waals surface area contributed by atoms with Gasteiger partial charge in [-0.05, 0) is 37.1 Å². The number of hydrazine groups is 1. The molecule has 1 aromatic rings. The molecule has 20 heavy (non-hydrogen) atoms. The Labute approximate surface area is 120 Å². The van der Waals surface area contributed by atoms with E-state index in [9.17, 15) is 4.79 Å². The Kier molecular flexibility index (Phi) is 5.52. The number of nitrogen functional groups attached to an aromatic ring is 1. The first-order valence-electron chi connectivity index (χ1n) is 7.16. The predicted octanol–water partition coefficient (Wildman–Crippen LogP) is 0.943. The molecule has 110 valence electrons. The number of nitrogens with zero attached hydrogens (tertiary/aromatic N) is 1. The van der Waals surface area contributed by atoms with E-state index < -0.39 is 0 Å². The fraction of sp³-hybridized carbons (Fsp3) is 0.533. The van der Waals surface area contributed by atoms with E-state index >= 15 is 0 Å². The molecule has 1 unspecified atom stereocenters. The Bertz CT molecular complexity index is 431. The van der Waals surface area contributed by atoms with E-state index in [-0.39, 0.29) is 12.0 Å². The second kappa shape index (κ2) is 7.38. The number of nitrogens with two attached hydrogens (primary N) is 1. The summed E-state index contributed by atoms with van der Waals surface area (Å²) in [5.74, 6) is 4.85. The third-order valence-corrected chi connectivity index (χ3v) is 3.57. The normalized spacial score (nSPS) is 19.8. The van der Waals surface area contributed by atoms with Crippen LogP contribution in [0.5, 0.6) is 0 Å².